The van der Waals surface area contributed by atoms with E-state index in [1.807, 2.05) is 103 Å². The molecule has 0 N–H and O–H groups in total. The van der Waals surface area contributed by atoms with Crippen LogP contribution in [0.25, 0.3) is 50.5 Å². The molecule has 0 fully saturated rings. The average molecular weight is 639 g/mol. The van der Waals surface area contributed by atoms with E-state index in [-0.39, 0.29) is 5.41 Å². The first-order valence-electron chi connectivity index (χ1n) is 16.2. The summed E-state index contributed by atoms with van der Waals surface area (Å²) < 4.78 is 18.0. The van der Waals surface area contributed by atoms with Gasteiger partial charge in [-0.15, -0.1) is 0 Å². The van der Waals surface area contributed by atoms with Crippen LogP contribution in [0.2, 0.25) is 0 Å². The molecule has 0 amide bonds. The van der Waals surface area contributed by atoms with Crippen LogP contribution in [0.5, 0.6) is 0 Å². The number of hydrogen-bond acceptors (Lipinski definition) is 4. The summed E-state index contributed by atoms with van der Waals surface area (Å²) in [5.41, 5.74) is 5.50. The van der Waals surface area contributed by atoms with Crippen molar-refractivity contribution in [2.45, 2.75) is 19.3 Å². The first-order valence-corrected chi connectivity index (χ1v) is 17.9. The predicted molar refractivity (Wildman–Crippen MR) is 197 cm³/mol. The maximum atomic E-state index is 15.9. The van der Waals surface area contributed by atoms with Crippen molar-refractivity contribution in [1.82, 2.24) is 19.5 Å². The van der Waals surface area contributed by atoms with Crippen LogP contribution in [0.3, 0.4) is 0 Å². The van der Waals surface area contributed by atoms with Gasteiger partial charge in [0.15, 0.2) is 18.8 Å². The van der Waals surface area contributed by atoms with Gasteiger partial charge in [0.25, 0.3) is 0 Å². The zero-order chi connectivity index (χ0) is 32.5. The van der Waals surface area contributed by atoms with E-state index in [1.165, 1.54) is 0 Å². The lowest BCUT2D eigenvalue weighted by molar-refractivity contribution is 0.586. The second-order valence-corrected chi connectivity index (χ2v) is 15.5. The van der Waals surface area contributed by atoms with Crippen LogP contribution in [-0.2, 0) is 9.98 Å². The molecule has 0 aliphatic carbocycles. The highest BCUT2D eigenvalue weighted by atomic mass is 31.2. The summed E-state index contributed by atoms with van der Waals surface area (Å²) >= 11 is 0. The third kappa shape index (κ3) is 4.18. The molecule has 3 heterocycles. The smallest absolute Gasteiger partial charge is 0.238 e. The molecule has 48 heavy (non-hydrogen) atoms. The molecule has 8 aromatic rings. The van der Waals surface area contributed by atoms with Gasteiger partial charge in [0.2, 0.25) is 5.95 Å². The SMILES string of the molecule is CC1(C)c2ccccc2P(=O)(c2ccccc2)c2cc3c(cc21)c1ccccc1n3-c1nc(-c2ccccc2)nc(-c2ccccc2)n1. The van der Waals surface area contributed by atoms with Crippen LogP contribution in [0.15, 0.2) is 152 Å². The summed E-state index contributed by atoms with van der Waals surface area (Å²) in [5.74, 6) is 1.69. The minimum absolute atomic E-state index is 0.375. The van der Waals surface area contributed by atoms with Crippen molar-refractivity contribution >= 4 is 44.9 Å². The average Bonchev–Trinajstić information content (AvgIpc) is 3.48. The summed E-state index contributed by atoms with van der Waals surface area (Å²) in [6.07, 6.45) is 0. The largest absolute Gasteiger partial charge is 0.309 e. The van der Waals surface area contributed by atoms with E-state index in [2.05, 4.69) is 66.9 Å². The minimum Gasteiger partial charge on any atom is -0.309 e. The molecule has 0 spiro atoms. The highest BCUT2D eigenvalue weighted by Gasteiger charge is 2.45. The van der Waals surface area contributed by atoms with Crippen LogP contribution in [0.4, 0.5) is 0 Å². The number of hydrogen-bond donors (Lipinski definition) is 0. The van der Waals surface area contributed by atoms with Crippen LogP contribution >= 0.6 is 7.14 Å². The monoisotopic (exact) mass is 638 g/mol. The second-order valence-electron chi connectivity index (χ2n) is 12.8. The summed E-state index contributed by atoms with van der Waals surface area (Å²) in [5, 5.41) is 4.74. The van der Waals surface area contributed by atoms with E-state index in [9.17, 15) is 0 Å². The maximum Gasteiger partial charge on any atom is 0.238 e. The molecule has 1 atom stereocenters. The molecule has 0 saturated heterocycles. The van der Waals surface area contributed by atoms with Crippen LogP contribution in [0.1, 0.15) is 25.0 Å². The topological polar surface area (TPSA) is 60.7 Å². The Kier molecular flexibility index (Phi) is 6.37. The summed E-state index contributed by atoms with van der Waals surface area (Å²) in [6, 6.07) is 51.0. The first kappa shape index (κ1) is 28.6. The Morgan fingerprint density at radius 2 is 1.08 bits per heavy atom. The number of nitrogens with zero attached hydrogens (tertiary/aromatic N) is 4. The predicted octanol–water partition coefficient (Wildman–Crippen LogP) is 8.58. The van der Waals surface area contributed by atoms with Gasteiger partial charge in [-0.05, 0) is 29.3 Å². The lowest BCUT2D eigenvalue weighted by atomic mass is 9.77. The lowest BCUT2D eigenvalue weighted by Gasteiger charge is -2.39. The Morgan fingerprint density at radius 3 is 1.75 bits per heavy atom. The zero-order valence-corrected chi connectivity index (χ0v) is 27.5. The molecule has 0 bridgehead atoms. The third-order valence-corrected chi connectivity index (χ3v) is 12.9. The Balaban J connectivity index is 1.40. The second kappa shape index (κ2) is 10.7. The van der Waals surface area contributed by atoms with E-state index in [0.29, 0.717) is 17.6 Å². The molecular formula is C42H31N4OP. The quantitative estimate of drug-likeness (QED) is 0.181. The lowest BCUT2D eigenvalue weighted by Crippen LogP contribution is -2.42. The van der Waals surface area contributed by atoms with Gasteiger partial charge in [-0.3, -0.25) is 4.57 Å². The van der Waals surface area contributed by atoms with Gasteiger partial charge in [0.05, 0.1) is 11.0 Å². The fourth-order valence-electron chi connectivity index (χ4n) is 7.35. The number of benzene rings is 6. The van der Waals surface area contributed by atoms with E-state index >= 15 is 4.57 Å². The van der Waals surface area contributed by atoms with Gasteiger partial charge in [-0.2, -0.15) is 9.97 Å². The number of para-hydroxylation sites is 1. The fourth-order valence-corrected chi connectivity index (χ4v) is 10.7. The van der Waals surface area contributed by atoms with Crippen molar-refractivity contribution in [1.29, 1.82) is 0 Å². The maximum absolute atomic E-state index is 15.9. The molecule has 6 aromatic carbocycles. The molecule has 5 nitrogen and oxygen atoms in total. The standard InChI is InChI=1S/C42H31N4OP/c1-42(2)33-23-13-15-25-37(33)48(47,30-20-10-5-11-21-30)38-27-36-32(26-34(38)42)31-22-12-14-24-35(31)46(36)41-44-39(28-16-6-3-7-17-28)43-40(45-41)29-18-8-4-9-19-29/h3-27H,1-2H3. The first-order chi connectivity index (χ1) is 23.4. The Morgan fingerprint density at radius 1 is 0.521 bits per heavy atom. The van der Waals surface area contributed by atoms with Gasteiger partial charge >= 0.3 is 0 Å². The minimum atomic E-state index is -3.27. The highest BCUT2D eigenvalue weighted by Crippen LogP contribution is 2.53. The van der Waals surface area contributed by atoms with Crippen molar-refractivity contribution in [3.05, 3.63) is 163 Å². The molecule has 0 saturated carbocycles. The normalized spacial score (nSPS) is 16.5. The van der Waals surface area contributed by atoms with Crippen molar-refractivity contribution < 1.29 is 4.57 Å². The molecule has 1 aliphatic rings. The molecule has 1 unspecified atom stereocenters. The van der Waals surface area contributed by atoms with Crippen LogP contribution < -0.4 is 15.9 Å². The molecular weight excluding hydrogens is 607 g/mol. The number of rotatable bonds is 4. The third-order valence-electron chi connectivity index (χ3n) is 9.73. The summed E-state index contributed by atoms with van der Waals surface area (Å²) in [7, 11) is -3.27. The molecule has 0 radical (unpaired) electrons. The Labute approximate surface area is 279 Å². The molecule has 230 valence electrons. The Bertz CT molecular complexity index is 2500. The highest BCUT2D eigenvalue weighted by molar-refractivity contribution is 7.85. The molecule has 2 aromatic heterocycles. The van der Waals surface area contributed by atoms with E-state index in [1.54, 1.807) is 0 Å². The summed E-state index contributed by atoms with van der Waals surface area (Å²) in [6.45, 7) is 4.49. The van der Waals surface area contributed by atoms with Gasteiger partial charge in [-0.1, -0.05) is 147 Å². The van der Waals surface area contributed by atoms with E-state index in [0.717, 1.165) is 60.0 Å². The fraction of sp³-hybridized carbons (Fsp3) is 0.0714. The molecule has 1 aliphatic heterocycles. The number of fused-ring (bicyclic) bond motifs is 5. The molecule has 6 heteroatoms. The van der Waals surface area contributed by atoms with Crippen molar-refractivity contribution in [2.24, 2.45) is 0 Å². The zero-order valence-electron chi connectivity index (χ0n) is 26.6. The van der Waals surface area contributed by atoms with Crippen molar-refractivity contribution in [3.63, 3.8) is 0 Å². The van der Waals surface area contributed by atoms with Gasteiger partial charge in [0, 0.05) is 43.2 Å². The Hall–Kier alpha value is -5.64. The van der Waals surface area contributed by atoms with Crippen LogP contribution in [-0.4, -0.2) is 19.5 Å². The van der Waals surface area contributed by atoms with Gasteiger partial charge in [0.1, 0.15) is 0 Å². The van der Waals surface area contributed by atoms with E-state index in [4.69, 9.17) is 15.0 Å². The molecule has 9 rings (SSSR count). The van der Waals surface area contributed by atoms with Crippen molar-refractivity contribution in [2.75, 3.05) is 0 Å². The number of aromatic nitrogens is 4. The van der Waals surface area contributed by atoms with Gasteiger partial charge < -0.3 is 4.57 Å². The summed E-state index contributed by atoms with van der Waals surface area (Å²) in [4.78, 5) is 15.2. The van der Waals surface area contributed by atoms with Crippen LogP contribution in [0, 0.1) is 0 Å². The van der Waals surface area contributed by atoms with Crippen molar-refractivity contribution in [3.8, 4) is 28.7 Å². The van der Waals surface area contributed by atoms with Gasteiger partial charge in [-0.25, -0.2) is 4.98 Å². The van der Waals surface area contributed by atoms with E-state index < -0.39 is 7.14 Å².